The Balaban J connectivity index is 4.19. The Labute approximate surface area is 83.9 Å². The Kier molecular flexibility index (Phi) is 4.79. The lowest BCUT2D eigenvalue weighted by molar-refractivity contribution is -0.196. The molecular weight excluding hydrogens is 248 g/mol. The van der Waals surface area contributed by atoms with Crippen LogP contribution in [-0.2, 0) is 14.3 Å². The lowest BCUT2D eigenvalue weighted by atomic mass is 10.4. The zero-order valence-corrected chi connectivity index (χ0v) is 7.22. The first-order chi connectivity index (χ1) is 7.16. The minimum atomic E-state index is -5.26. The molecular formula is C6H3F6NO3. The van der Waals surface area contributed by atoms with Gasteiger partial charge in [-0.25, -0.2) is 9.18 Å². The lowest BCUT2D eigenvalue weighted by Gasteiger charge is -2.03. The van der Waals surface area contributed by atoms with E-state index in [1.807, 2.05) is 0 Å². The third-order valence-electron chi connectivity index (χ3n) is 1.08. The lowest BCUT2D eigenvalue weighted by Crippen LogP contribution is -2.26. The number of ether oxygens (including phenoxy) is 1. The van der Waals surface area contributed by atoms with E-state index in [2.05, 4.69) is 4.74 Å². The first kappa shape index (κ1) is 14.3. The molecule has 0 aromatic carbocycles. The van der Waals surface area contributed by atoms with E-state index in [0.717, 1.165) is 0 Å². The third kappa shape index (κ3) is 4.66. The smallest absolute Gasteiger partial charge is 0.442 e. The second-order valence-electron chi connectivity index (χ2n) is 2.19. The maximum Gasteiger partial charge on any atom is 0.442 e. The van der Waals surface area contributed by atoms with Crippen molar-refractivity contribution in [1.29, 1.82) is 0 Å². The summed E-state index contributed by atoms with van der Waals surface area (Å²) >= 11 is 0. The number of halogens is 6. The fourth-order valence-corrected chi connectivity index (χ4v) is 0.437. The normalized spacial score (nSPS) is 12.2. The molecule has 0 unspecified atom stereocenters. The topological polar surface area (TPSA) is 46.6 Å². The summed E-state index contributed by atoms with van der Waals surface area (Å²) in [5.74, 6) is -7.04. The van der Waals surface area contributed by atoms with Gasteiger partial charge < -0.3 is 4.74 Å². The van der Waals surface area contributed by atoms with Gasteiger partial charge in [-0.3, -0.25) is 4.79 Å². The minimum Gasteiger partial charge on any atom is -0.454 e. The first-order valence-electron chi connectivity index (χ1n) is 3.42. The van der Waals surface area contributed by atoms with Crippen LogP contribution in [0.15, 0.2) is 11.9 Å². The molecule has 92 valence electrons. The van der Waals surface area contributed by atoms with Crippen molar-refractivity contribution in [2.24, 2.45) is 0 Å². The zero-order valence-electron chi connectivity index (χ0n) is 7.22. The Morgan fingerprint density at radius 1 is 1.25 bits per heavy atom. The van der Waals surface area contributed by atoms with Crippen LogP contribution in [0.3, 0.4) is 0 Å². The van der Waals surface area contributed by atoms with Crippen LogP contribution in [0.25, 0.3) is 0 Å². The van der Waals surface area contributed by atoms with E-state index in [4.69, 9.17) is 0 Å². The van der Waals surface area contributed by atoms with E-state index in [-0.39, 0.29) is 6.08 Å². The highest BCUT2D eigenvalue weighted by Crippen LogP contribution is 2.25. The third-order valence-corrected chi connectivity index (χ3v) is 1.08. The number of allylic oxidation sites excluding steroid dienone is 1. The van der Waals surface area contributed by atoms with Crippen LogP contribution in [0.4, 0.5) is 26.5 Å². The molecule has 0 rings (SSSR count). The summed E-state index contributed by atoms with van der Waals surface area (Å²) in [5.41, 5.74) is 0. The van der Waals surface area contributed by atoms with Gasteiger partial charge in [0.05, 0.1) is 0 Å². The standard InChI is InChI=1S/C6H3F6NO3/c7-3(6(8,9)10)1-2-16-5(15)4(14)13(11)12/h1H,2H2/b3-1-. The molecule has 0 aliphatic carbocycles. The molecule has 0 N–H and O–H groups in total. The van der Waals surface area contributed by atoms with Gasteiger partial charge >= 0.3 is 18.1 Å². The molecule has 0 aromatic rings. The average Bonchev–Trinajstić information content (AvgIpc) is 2.14. The van der Waals surface area contributed by atoms with Crippen molar-refractivity contribution in [1.82, 2.24) is 5.34 Å². The summed E-state index contributed by atoms with van der Waals surface area (Å²) in [6, 6.07) is 0. The molecule has 0 fully saturated rings. The van der Waals surface area contributed by atoms with Crippen molar-refractivity contribution in [3.63, 3.8) is 0 Å². The molecule has 1 amide bonds. The number of carbonyl (C=O) groups is 2. The van der Waals surface area contributed by atoms with Crippen molar-refractivity contribution >= 4 is 11.9 Å². The van der Waals surface area contributed by atoms with Gasteiger partial charge in [0.25, 0.3) is 0 Å². The summed E-state index contributed by atoms with van der Waals surface area (Å²) in [7, 11) is 0. The van der Waals surface area contributed by atoms with E-state index in [9.17, 15) is 36.1 Å². The van der Waals surface area contributed by atoms with Crippen LogP contribution in [0.2, 0.25) is 0 Å². The van der Waals surface area contributed by atoms with Crippen LogP contribution >= 0.6 is 0 Å². The average molecular weight is 251 g/mol. The largest absolute Gasteiger partial charge is 0.454 e. The van der Waals surface area contributed by atoms with E-state index in [0.29, 0.717) is 0 Å². The summed E-state index contributed by atoms with van der Waals surface area (Å²) in [6.45, 7) is -1.29. The second kappa shape index (κ2) is 5.37. The van der Waals surface area contributed by atoms with Gasteiger partial charge in [-0.15, -0.1) is 0 Å². The number of hydrogen-bond donors (Lipinski definition) is 0. The van der Waals surface area contributed by atoms with Crippen LogP contribution in [0.1, 0.15) is 0 Å². The molecule has 10 heteroatoms. The number of carbonyl (C=O) groups excluding carboxylic acids is 2. The molecule has 0 radical (unpaired) electrons. The maximum atomic E-state index is 12.0. The van der Waals surface area contributed by atoms with Crippen LogP contribution in [0, 0.1) is 0 Å². The first-order valence-corrected chi connectivity index (χ1v) is 3.42. The number of alkyl halides is 3. The monoisotopic (exact) mass is 251 g/mol. The molecule has 0 heterocycles. The summed E-state index contributed by atoms with van der Waals surface area (Å²) in [5, 5.41) is -2.12. The molecule has 4 nitrogen and oxygen atoms in total. The van der Waals surface area contributed by atoms with Gasteiger partial charge in [-0.1, -0.05) is 8.96 Å². The minimum absolute atomic E-state index is 0.216. The molecule has 0 bridgehead atoms. The van der Waals surface area contributed by atoms with Crippen molar-refractivity contribution in [3.05, 3.63) is 11.9 Å². The maximum absolute atomic E-state index is 12.0. The number of esters is 1. The predicted molar refractivity (Wildman–Crippen MR) is 35.3 cm³/mol. The van der Waals surface area contributed by atoms with E-state index in [1.165, 1.54) is 0 Å². The van der Waals surface area contributed by atoms with E-state index in [1.54, 1.807) is 0 Å². The molecule has 0 aliphatic heterocycles. The Morgan fingerprint density at radius 3 is 2.12 bits per heavy atom. The fourth-order valence-electron chi connectivity index (χ4n) is 0.437. The molecule has 16 heavy (non-hydrogen) atoms. The second-order valence-corrected chi connectivity index (χ2v) is 2.19. The van der Waals surface area contributed by atoms with Gasteiger partial charge in [0, 0.05) is 5.34 Å². The predicted octanol–water partition coefficient (Wildman–Crippen LogP) is 1.54. The van der Waals surface area contributed by atoms with Crippen LogP contribution in [0.5, 0.6) is 0 Å². The number of nitrogens with zero attached hydrogens (tertiary/aromatic N) is 1. The van der Waals surface area contributed by atoms with E-state index < -0.39 is 35.8 Å². The SMILES string of the molecule is O=C(OC/C=C(\F)C(F)(F)F)C(=O)N(F)F. The van der Waals surface area contributed by atoms with Gasteiger partial charge in [0.1, 0.15) is 6.61 Å². The Hall–Kier alpha value is -1.74. The van der Waals surface area contributed by atoms with E-state index >= 15 is 0 Å². The number of amides is 1. The summed E-state index contributed by atoms with van der Waals surface area (Å²) < 4.78 is 72.8. The number of rotatable bonds is 2. The molecule has 0 saturated carbocycles. The summed E-state index contributed by atoms with van der Waals surface area (Å²) in [6.07, 6.45) is -5.48. The van der Waals surface area contributed by atoms with Gasteiger partial charge in [-0.2, -0.15) is 13.2 Å². The highest BCUT2D eigenvalue weighted by atomic mass is 19.4. The molecule has 0 aromatic heterocycles. The number of hydrogen-bond acceptors (Lipinski definition) is 3. The summed E-state index contributed by atoms with van der Waals surface area (Å²) in [4.78, 5) is 20.4. The quantitative estimate of drug-likeness (QED) is 0.323. The molecule has 0 saturated heterocycles. The van der Waals surface area contributed by atoms with Gasteiger partial charge in [-0.05, 0) is 6.08 Å². The molecule has 0 atom stereocenters. The van der Waals surface area contributed by atoms with Crippen molar-refractivity contribution in [3.8, 4) is 0 Å². The van der Waals surface area contributed by atoms with Crippen LogP contribution in [-0.4, -0.2) is 30.0 Å². The molecule has 0 spiro atoms. The van der Waals surface area contributed by atoms with Gasteiger partial charge in [0.2, 0.25) is 5.83 Å². The molecule has 0 aliphatic rings. The van der Waals surface area contributed by atoms with Crippen LogP contribution < -0.4 is 0 Å². The van der Waals surface area contributed by atoms with Crippen molar-refractivity contribution in [2.75, 3.05) is 6.61 Å². The Morgan fingerprint density at radius 2 is 1.75 bits per heavy atom. The van der Waals surface area contributed by atoms with Crippen molar-refractivity contribution < 1.29 is 40.9 Å². The highest BCUT2D eigenvalue weighted by Gasteiger charge is 2.34. The zero-order chi connectivity index (χ0) is 12.9. The Bertz CT molecular complexity index is 310. The van der Waals surface area contributed by atoms with Crippen molar-refractivity contribution in [2.45, 2.75) is 6.18 Å². The highest BCUT2D eigenvalue weighted by molar-refractivity contribution is 6.31. The van der Waals surface area contributed by atoms with Gasteiger partial charge in [0.15, 0.2) is 0 Å². The fraction of sp³-hybridized carbons (Fsp3) is 0.333.